The molecule has 0 radical (unpaired) electrons. The number of carbonyl (C=O) groups excluding carboxylic acids is 2. The van der Waals surface area contributed by atoms with Gasteiger partial charge in [0, 0.05) is 34.7 Å². The maximum absolute atomic E-state index is 13.6. The Morgan fingerprint density at radius 3 is 2.61 bits per heavy atom. The molecule has 1 aromatic heterocycles. The van der Waals surface area contributed by atoms with Crippen molar-refractivity contribution in [1.82, 2.24) is 9.80 Å². The minimum atomic E-state index is -0.493. The van der Waals surface area contributed by atoms with Crippen molar-refractivity contribution >= 4 is 28.8 Å². The quantitative estimate of drug-likeness (QED) is 0.312. The molecule has 3 aromatic rings. The lowest BCUT2D eigenvalue weighted by Gasteiger charge is -2.28. The number of benzene rings is 2. The van der Waals surface area contributed by atoms with Crippen LogP contribution in [0.2, 0.25) is 0 Å². The maximum Gasteiger partial charge on any atom is 0.273 e. The van der Waals surface area contributed by atoms with Crippen molar-refractivity contribution in [1.29, 1.82) is 0 Å². The molecule has 0 spiro atoms. The summed E-state index contributed by atoms with van der Waals surface area (Å²) in [6.45, 7) is 2.46. The van der Waals surface area contributed by atoms with E-state index < -0.39 is 4.92 Å². The van der Waals surface area contributed by atoms with Gasteiger partial charge in [0.25, 0.3) is 11.6 Å². The monoisotopic (exact) mass is 507 g/mol. The van der Waals surface area contributed by atoms with Gasteiger partial charge in [0.1, 0.15) is 6.54 Å². The Hall–Kier alpha value is -3.92. The van der Waals surface area contributed by atoms with E-state index in [1.54, 1.807) is 40.2 Å². The smallest absolute Gasteiger partial charge is 0.273 e. The zero-order valence-corrected chi connectivity index (χ0v) is 20.5. The van der Waals surface area contributed by atoms with Crippen molar-refractivity contribution in [3.63, 3.8) is 0 Å². The minimum Gasteiger partial charge on any atom is -0.454 e. The van der Waals surface area contributed by atoms with E-state index in [2.05, 4.69) is 0 Å². The Morgan fingerprint density at radius 1 is 1.08 bits per heavy atom. The SMILES string of the molecule is Cc1ccc(C(=O)N(CC(=O)N(Cc2ccc3c(c2)OCO3)Cc2cccs2)C2CC2)cc1[N+](=O)[O-]. The molecule has 1 saturated carbocycles. The molecule has 1 aliphatic carbocycles. The van der Waals surface area contributed by atoms with Gasteiger partial charge in [-0.15, -0.1) is 11.3 Å². The molecule has 9 nitrogen and oxygen atoms in total. The highest BCUT2D eigenvalue weighted by molar-refractivity contribution is 7.09. The lowest BCUT2D eigenvalue weighted by atomic mass is 10.1. The van der Waals surface area contributed by atoms with Crippen LogP contribution in [0, 0.1) is 17.0 Å². The van der Waals surface area contributed by atoms with Crippen LogP contribution in [-0.2, 0) is 17.9 Å². The average Bonchev–Trinajstić information content (AvgIpc) is 3.36. The van der Waals surface area contributed by atoms with Gasteiger partial charge in [0.05, 0.1) is 11.5 Å². The van der Waals surface area contributed by atoms with Crippen LogP contribution < -0.4 is 9.47 Å². The first-order chi connectivity index (χ1) is 17.4. The lowest BCUT2D eigenvalue weighted by Crippen LogP contribution is -2.43. The Labute approximate surface area is 212 Å². The first-order valence-corrected chi connectivity index (χ1v) is 12.5. The summed E-state index contributed by atoms with van der Waals surface area (Å²) in [5, 5.41) is 13.3. The second kappa shape index (κ2) is 9.98. The molecule has 1 fully saturated rings. The zero-order chi connectivity index (χ0) is 25.2. The maximum atomic E-state index is 13.6. The largest absolute Gasteiger partial charge is 0.454 e. The number of fused-ring (bicyclic) bond motifs is 1. The molecule has 10 heteroatoms. The van der Waals surface area contributed by atoms with Gasteiger partial charge in [-0.25, -0.2) is 0 Å². The summed E-state index contributed by atoms with van der Waals surface area (Å²) in [6.07, 6.45) is 1.61. The number of hydrogen-bond donors (Lipinski definition) is 0. The van der Waals surface area contributed by atoms with Gasteiger partial charge in [0.2, 0.25) is 12.7 Å². The standard InChI is InChI=1S/C26H25N3O6S/c1-17-4-6-19(12-22(17)29(32)33)26(31)28(20-7-8-20)15-25(30)27(14-21-3-2-10-36-21)13-18-5-9-23-24(11-18)35-16-34-23/h2-6,9-12,20H,7-8,13-16H2,1H3. The summed E-state index contributed by atoms with van der Waals surface area (Å²) >= 11 is 1.56. The van der Waals surface area contributed by atoms with Crippen molar-refractivity contribution in [2.24, 2.45) is 0 Å². The normalized spacial score (nSPS) is 13.9. The number of nitro benzene ring substituents is 1. The number of rotatable bonds is 9. The number of amides is 2. The highest BCUT2D eigenvalue weighted by Crippen LogP contribution is 2.33. The fourth-order valence-corrected chi connectivity index (χ4v) is 4.91. The molecule has 2 amide bonds. The van der Waals surface area contributed by atoms with E-state index in [-0.39, 0.29) is 42.4 Å². The van der Waals surface area contributed by atoms with E-state index in [4.69, 9.17) is 9.47 Å². The highest BCUT2D eigenvalue weighted by atomic mass is 32.1. The second-order valence-electron chi connectivity index (χ2n) is 8.94. The fourth-order valence-electron chi connectivity index (χ4n) is 4.19. The fraction of sp³-hybridized carbons (Fsp3) is 0.308. The molecule has 0 atom stereocenters. The Morgan fingerprint density at radius 2 is 1.89 bits per heavy atom. The van der Waals surface area contributed by atoms with Crippen molar-refractivity contribution in [2.75, 3.05) is 13.3 Å². The minimum absolute atomic E-state index is 0.0454. The molecular weight excluding hydrogens is 482 g/mol. The topological polar surface area (TPSA) is 102 Å². The zero-order valence-electron chi connectivity index (χ0n) is 19.7. The number of carbonyl (C=O) groups is 2. The predicted molar refractivity (Wildman–Crippen MR) is 133 cm³/mol. The van der Waals surface area contributed by atoms with Crippen LogP contribution in [0.4, 0.5) is 5.69 Å². The third-order valence-corrected chi connectivity index (χ3v) is 7.16. The molecular formula is C26H25N3O6S. The van der Waals surface area contributed by atoms with Gasteiger partial charge in [0.15, 0.2) is 11.5 Å². The first-order valence-electron chi connectivity index (χ1n) is 11.6. The van der Waals surface area contributed by atoms with E-state index in [9.17, 15) is 19.7 Å². The Kier molecular flexibility index (Phi) is 6.60. The Bertz CT molecular complexity index is 1310. The molecule has 5 rings (SSSR count). The summed E-state index contributed by atoms with van der Waals surface area (Å²) in [5.41, 5.74) is 1.48. The number of nitro groups is 1. The van der Waals surface area contributed by atoms with Gasteiger partial charge in [-0.1, -0.05) is 18.2 Å². The summed E-state index contributed by atoms with van der Waals surface area (Å²) in [6, 6.07) is 13.9. The van der Waals surface area contributed by atoms with Gasteiger partial charge >= 0.3 is 0 Å². The van der Waals surface area contributed by atoms with Gasteiger partial charge in [-0.3, -0.25) is 19.7 Å². The second-order valence-corrected chi connectivity index (χ2v) is 9.97. The summed E-state index contributed by atoms with van der Waals surface area (Å²) in [5.74, 6) is 0.760. The molecule has 2 heterocycles. The molecule has 0 bridgehead atoms. The number of nitrogens with zero attached hydrogens (tertiary/aromatic N) is 3. The van der Waals surface area contributed by atoms with E-state index in [0.29, 0.717) is 30.2 Å². The predicted octanol–water partition coefficient (Wildman–Crippen LogP) is 4.53. The van der Waals surface area contributed by atoms with E-state index >= 15 is 0 Å². The van der Waals surface area contributed by atoms with Gasteiger partial charge < -0.3 is 19.3 Å². The molecule has 0 saturated heterocycles. The van der Waals surface area contributed by atoms with Gasteiger partial charge in [-0.2, -0.15) is 0 Å². The van der Waals surface area contributed by atoms with Gasteiger partial charge in [-0.05, 0) is 55.0 Å². The van der Waals surface area contributed by atoms with E-state index in [1.807, 2.05) is 35.7 Å². The average molecular weight is 508 g/mol. The first kappa shape index (κ1) is 23.8. The number of aryl methyl sites for hydroxylation is 1. The molecule has 36 heavy (non-hydrogen) atoms. The van der Waals surface area contributed by atoms with Crippen LogP contribution >= 0.6 is 11.3 Å². The van der Waals surface area contributed by atoms with Crippen molar-refractivity contribution in [3.05, 3.63) is 85.6 Å². The van der Waals surface area contributed by atoms with Crippen molar-refractivity contribution < 1.29 is 24.0 Å². The Balaban J connectivity index is 1.37. The third kappa shape index (κ3) is 5.18. The van der Waals surface area contributed by atoms with Crippen LogP contribution in [0.25, 0.3) is 0 Å². The summed E-state index contributed by atoms with van der Waals surface area (Å²) < 4.78 is 10.9. The van der Waals surface area contributed by atoms with Crippen molar-refractivity contribution in [3.8, 4) is 11.5 Å². The lowest BCUT2D eigenvalue weighted by molar-refractivity contribution is -0.385. The number of ether oxygens (including phenoxy) is 2. The van der Waals surface area contributed by atoms with Crippen LogP contribution in [0.1, 0.15) is 39.2 Å². The third-order valence-electron chi connectivity index (χ3n) is 6.30. The molecule has 0 unspecified atom stereocenters. The summed E-state index contributed by atoms with van der Waals surface area (Å²) in [4.78, 5) is 42.2. The highest BCUT2D eigenvalue weighted by Gasteiger charge is 2.36. The molecule has 0 N–H and O–H groups in total. The van der Waals surface area contributed by atoms with Crippen LogP contribution in [0.3, 0.4) is 0 Å². The number of hydrogen-bond acceptors (Lipinski definition) is 7. The molecule has 1 aliphatic heterocycles. The van der Waals surface area contributed by atoms with Crippen molar-refractivity contribution in [2.45, 2.75) is 38.9 Å². The van der Waals surface area contributed by atoms with Crippen LogP contribution in [0.5, 0.6) is 11.5 Å². The van der Waals surface area contributed by atoms with E-state index in [1.165, 1.54) is 6.07 Å². The molecule has 2 aromatic carbocycles. The van der Waals surface area contributed by atoms with Crippen LogP contribution in [-0.4, -0.2) is 45.9 Å². The molecule has 186 valence electrons. The van der Waals surface area contributed by atoms with Crippen LogP contribution in [0.15, 0.2) is 53.9 Å². The molecule has 2 aliphatic rings. The summed E-state index contributed by atoms with van der Waals surface area (Å²) in [7, 11) is 0. The van der Waals surface area contributed by atoms with E-state index in [0.717, 1.165) is 23.3 Å². The number of thiophene rings is 1.